The average molecular weight is 394 g/mol. The summed E-state index contributed by atoms with van der Waals surface area (Å²) in [6.45, 7) is 0.351. The summed E-state index contributed by atoms with van der Waals surface area (Å²) in [4.78, 5) is 1.10. The summed E-state index contributed by atoms with van der Waals surface area (Å²) in [6, 6.07) is 8.79. The molecule has 0 amide bonds. The fourth-order valence-corrected chi connectivity index (χ4v) is 4.12. The third-order valence-electron chi connectivity index (χ3n) is 2.22. The Morgan fingerprint density at radius 1 is 1.33 bits per heavy atom. The summed E-state index contributed by atoms with van der Waals surface area (Å²) in [5.74, 6) is 0. The van der Waals surface area contributed by atoms with Gasteiger partial charge in [0.05, 0.1) is 4.90 Å². The maximum atomic E-state index is 12.1. The molecule has 0 aliphatic heterocycles. The smallest absolute Gasteiger partial charge is 0.262 e. The average Bonchev–Trinajstić information content (AvgIpc) is 2.77. The first-order valence-electron chi connectivity index (χ1n) is 5.07. The number of anilines is 1. The molecule has 18 heavy (non-hydrogen) atoms. The number of hydrogen-bond acceptors (Lipinski definition) is 4. The predicted octanol–water partition coefficient (Wildman–Crippen LogP) is 2.61. The molecule has 1 aromatic carbocycles. The lowest BCUT2D eigenvalue weighted by Gasteiger charge is -2.06. The predicted molar refractivity (Wildman–Crippen MR) is 82.2 cm³/mol. The molecule has 2 rings (SSSR count). The van der Waals surface area contributed by atoms with Gasteiger partial charge in [0.1, 0.15) is 0 Å². The molecule has 0 atom stereocenters. The zero-order valence-electron chi connectivity index (χ0n) is 9.26. The number of thiophene rings is 1. The highest BCUT2D eigenvalue weighted by Gasteiger charge is 2.16. The fourth-order valence-electron chi connectivity index (χ4n) is 1.37. The molecular weight excluding hydrogens is 383 g/mol. The second-order valence-electron chi connectivity index (χ2n) is 3.57. The molecular formula is C11H11IN2O2S2. The summed E-state index contributed by atoms with van der Waals surface area (Å²) in [7, 11) is -3.52. The van der Waals surface area contributed by atoms with Gasteiger partial charge in [0, 0.05) is 26.1 Å². The van der Waals surface area contributed by atoms with Crippen LogP contribution in [0.15, 0.2) is 40.6 Å². The molecule has 1 aromatic heterocycles. The van der Waals surface area contributed by atoms with Gasteiger partial charge in [-0.05, 0) is 46.9 Å². The zero-order valence-corrected chi connectivity index (χ0v) is 13.1. The third-order valence-corrected chi connectivity index (χ3v) is 5.36. The Bertz CT molecular complexity index is 653. The Morgan fingerprint density at radius 2 is 2.11 bits per heavy atom. The Balaban J connectivity index is 2.27. The summed E-state index contributed by atoms with van der Waals surface area (Å²) < 4.78 is 27.7. The van der Waals surface area contributed by atoms with Gasteiger partial charge in [0.15, 0.2) is 0 Å². The molecule has 0 spiro atoms. The second kappa shape index (κ2) is 5.55. The van der Waals surface area contributed by atoms with E-state index in [1.54, 1.807) is 29.6 Å². The molecule has 3 N–H and O–H groups in total. The van der Waals surface area contributed by atoms with E-state index in [0.717, 1.165) is 8.45 Å². The lowest BCUT2D eigenvalue weighted by molar-refractivity contribution is 0.601. The molecule has 0 aliphatic rings. The van der Waals surface area contributed by atoms with Crippen LogP contribution in [0.1, 0.15) is 4.88 Å². The van der Waals surface area contributed by atoms with Crippen molar-refractivity contribution in [1.29, 1.82) is 0 Å². The minimum atomic E-state index is -3.52. The standard InChI is InChI=1S/C11H11IN2O2S2/c12-8-2-1-3-9(4-8)14-18(15,16)11-5-10(6-13)17-7-11/h1-5,7,14H,6,13H2. The third kappa shape index (κ3) is 3.22. The van der Waals surface area contributed by atoms with Gasteiger partial charge in [-0.1, -0.05) is 6.07 Å². The van der Waals surface area contributed by atoms with E-state index < -0.39 is 10.0 Å². The van der Waals surface area contributed by atoms with Gasteiger partial charge >= 0.3 is 0 Å². The topological polar surface area (TPSA) is 72.2 Å². The van der Waals surface area contributed by atoms with Crippen LogP contribution in [0.5, 0.6) is 0 Å². The lowest BCUT2D eigenvalue weighted by atomic mass is 10.3. The van der Waals surface area contributed by atoms with Crippen LogP contribution >= 0.6 is 33.9 Å². The molecule has 1 heterocycles. The highest BCUT2D eigenvalue weighted by molar-refractivity contribution is 14.1. The molecule has 0 radical (unpaired) electrons. The van der Waals surface area contributed by atoms with Crippen molar-refractivity contribution in [3.8, 4) is 0 Å². The highest BCUT2D eigenvalue weighted by Crippen LogP contribution is 2.22. The number of hydrogen-bond donors (Lipinski definition) is 2. The molecule has 0 bridgehead atoms. The van der Waals surface area contributed by atoms with Crippen molar-refractivity contribution in [2.24, 2.45) is 5.73 Å². The van der Waals surface area contributed by atoms with Crippen molar-refractivity contribution in [3.05, 3.63) is 44.2 Å². The van der Waals surface area contributed by atoms with Crippen molar-refractivity contribution in [3.63, 3.8) is 0 Å². The van der Waals surface area contributed by atoms with Crippen LogP contribution in [0.3, 0.4) is 0 Å². The fraction of sp³-hybridized carbons (Fsp3) is 0.0909. The van der Waals surface area contributed by atoms with Crippen molar-refractivity contribution in [2.45, 2.75) is 11.4 Å². The molecule has 4 nitrogen and oxygen atoms in total. The molecule has 0 saturated carbocycles. The first kappa shape index (κ1) is 13.8. The number of benzene rings is 1. The summed E-state index contributed by atoms with van der Waals surface area (Å²) in [6.07, 6.45) is 0. The number of rotatable bonds is 4. The van der Waals surface area contributed by atoms with Gasteiger partial charge in [-0.25, -0.2) is 8.42 Å². The van der Waals surface area contributed by atoms with Gasteiger partial charge in [-0.15, -0.1) is 11.3 Å². The minimum absolute atomic E-state index is 0.256. The van der Waals surface area contributed by atoms with E-state index in [4.69, 9.17) is 5.73 Å². The number of nitrogens with two attached hydrogens (primary N) is 1. The Labute approximate surface area is 123 Å². The number of nitrogens with one attached hydrogen (secondary N) is 1. The van der Waals surface area contributed by atoms with E-state index in [1.807, 2.05) is 6.07 Å². The van der Waals surface area contributed by atoms with Crippen molar-refractivity contribution in [1.82, 2.24) is 0 Å². The van der Waals surface area contributed by atoms with E-state index in [-0.39, 0.29) is 4.90 Å². The first-order chi connectivity index (χ1) is 8.51. The molecule has 0 fully saturated rings. The molecule has 7 heteroatoms. The maximum Gasteiger partial charge on any atom is 0.262 e. The summed E-state index contributed by atoms with van der Waals surface area (Å²) in [5.41, 5.74) is 6.03. The van der Waals surface area contributed by atoms with Crippen LogP contribution in [-0.4, -0.2) is 8.42 Å². The lowest BCUT2D eigenvalue weighted by Crippen LogP contribution is -2.12. The molecule has 0 saturated heterocycles. The molecule has 96 valence electrons. The number of sulfonamides is 1. The van der Waals surface area contributed by atoms with Crippen LogP contribution in [0.2, 0.25) is 0 Å². The van der Waals surface area contributed by atoms with Gasteiger partial charge in [-0.3, -0.25) is 4.72 Å². The van der Waals surface area contributed by atoms with E-state index in [9.17, 15) is 8.42 Å². The Kier molecular flexibility index (Phi) is 4.25. The monoisotopic (exact) mass is 394 g/mol. The van der Waals surface area contributed by atoms with Crippen LogP contribution in [0, 0.1) is 3.57 Å². The Morgan fingerprint density at radius 3 is 2.72 bits per heavy atom. The minimum Gasteiger partial charge on any atom is -0.326 e. The van der Waals surface area contributed by atoms with Crippen LogP contribution in [-0.2, 0) is 16.6 Å². The van der Waals surface area contributed by atoms with Gasteiger partial charge < -0.3 is 5.73 Å². The SMILES string of the molecule is NCc1cc(S(=O)(=O)Nc2cccc(I)c2)cs1. The maximum absolute atomic E-state index is 12.1. The molecule has 2 aromatic rings. The normalized spacial score (nSPS) is 11.4. The quantitative estimate of drug-likeness (QED) is 0.784. The van der Waals surface area contributed by atoms with Crippen molar-refractivity contribution < 1.29 is 8.42 Å². The summed E-state index contributed by atoms with van der Waals surface area (Å²) in [5, 5.41) is 1.60. The van der Waals surface area contributed by atoms with E-state index in [1.165, 1.54) is 11.3 Å². The first-order valence-corrected chi connectivity index (χ1v) is 8.51. The van der Waals surface area contributed by atoms with E-state index in [0.29, 0.717) is 12.2 Å². The van der Waals surface area contributed by atoms with Crippen LogP contribution in [0.25, 0.3) is 0 Å². The molecule has 0 aliphatic carbocycles. The van der Waals surface area contributed by atoms with Gasteiger partial charge in [0.25, 0.3) is 10.0 Å². The van der Waals surface area contributed by atoms with Crippen LogP contribution < -0.4 is 10.5 Å². The molecule has 0 unspecified atom stereocenters. The Hall–Kier alpha value is -0.640. The highest BCUT2D eigenvalue weighted by atomic mass is 127. The van der Waals surface area contributed by atoms with Crippen LogP contribution in [0.4, 0.5) is 5.69 Å². The summed E-state index contributed by atoms with van der Waals surface area (Å²) >= 11 is 3.48. The van der Waals surface area contributed by atoms with Gasteiger partial charge in [-0.2, -0.15) is 0 Å². The second-order valence-corrected chi connectivity index (χ2v) is 7.49. The zero-order chi connectivity index (χ0) is 13.2. The van der Waals surface area contributed by atoms with Crippen molar-refractivity contribution in [2.75, 3.05) is 4.72 Å². The van der Waals surface area contributed by atoms with E-state index in [2.05, 4.69) is 27.3 Å². The number of halogens is 1. The van der Waals surface area contributed by atoms with Crippen molar-refractivity contribution >= 4 is 49.6 Å². The van der Waals surface area contributed by atoms with E-state index >= 15 is 0 Å². The largest absolute Gasteiger partial charge is 0.326 e. The van der Waals surface area contributed by atoms with Gasteiger partial charge in [0.2, 0.25) is 0 Å².